The number of carbonyl (C=O) groups is 2. The Balaban J connectivity index is 4.17. The van der Waals surface area contributed by atoms with Gasteiger partial charge in [0.15, 0.2) is 0 Å². The molecule has 0 aliphatic carbocycles. The molecule has 0 saturated carbocycles. The summed E-state index contributed by atoms with van der Waals surface area (Å²) in [5, 5.41) is 14.6. The smallest absolute Gasteiger partial charge is 0.329 e. The highest BCUT2D eigenvalue weighted by Gasteiger charge is 2.21. The fraction of sp³-hybridized carbons (Fsp3) is 0.818. The number of rotatable bonds is 7. The van der Waals surface area contributed by atoms with Crippen LogP contribution < -0.4 is 10.6 Å². The van der Waals surface area contributed by atoms with Gasteiger partial charge in [0, 0.05) is 32.0 Å². The van der Waals surface area contributed by atoms with Crippen LogP contribution in [0.3, 0.4) is 0 Å². The highest BCUT2D eigenvalue weighted by molar-refractivity contribution is 5.83. The number of hydrogen-bond acceptors (Lipinski definition) is 5. The summed E-state index contributed by atoms with van der Waals surface area (Å²) in [7, 11) is 1.27. The van der Waals surface area contributed by atoms with Crippen molar-refractivity contribution in [3.8, 4) is 0 Å². The minimum Gasteiger partial charge on any atom is -0.467 e. The predicted octanol–water partition coefficient (Wildman–Crippen LogP) is -0.728. The van der Waals surface area contributed by atoms with Crippen LogP contribution in [0.25, 0.3) is 0 Å². The molecule has 0 aromatic carbocycles. The highest BCUT2D eigenvalue weighted by Crippen LogP contribution is 2.10. The van der Waals surface area contributed by atoms with Gasteiger partial charge in [0.25, 0.3) is 0 Å². The standard InChI is InChI=1S/C11H22N2O4/c1-8(15)13-9(10(16)17-4)5-12-6-11(2,3)7-14/h9,12,14H,5-7H2,1-4H3,(H,13,15). The molecule has 0 rings (SSSR count). The second kappa shape index (κ2) is 7.24. The molecule has 0 aliphatic rings. The first-order valence-corrected chi connectivity index (χ1v) is 5.49. The highest BCUT2D eigenvalue weighted by atomic mass is 16.5. The minimum absolute atomic E-state index is 0.0447. The Morgan fingerprint density at radius 2 is 2.00 bits per heavy atom. The molecule has 100 valence electrons. The lowest BCUT2D eigenvalue weighted by molar-refractivity contribution is -0.144. The zero-order valence-corrected chi connectivity index (χ0v) is 10.9. The number of amides is 1. The van der Waals surface area contributed by atoms with Crippen molar-refractivity contribution >= 4 is 11.9 Å². The van der Waals surface area contributed by atoms with Crippen molar-refractivity contribution in [2.75, 3.05) is 26.8 Å². The van der Waals surface area contributed by atoms with Crippen LogP contribution in [-0.2, 0) is 14.3 Å². The van der Waals surface area contributed by atoms with E-state index in [2.05, 4.69) is 15.4 Å². The molecular weight excluding hydrogens is 224 g/mol. The maximum atomic E-state index is 11.3. The van der Waals surface area contributed by atoms with Gasteiger partial charge in [0.05, 0.1) is 7.11 Å². The van der Waals surface area contributed by atoms with Crippen molar-refractivity contribution < 1.29 is 19.4 Å². The second-order valence-electron chi connectivity index (χ2n) is 4.73. The molecule has 3 N–H and O–H groups in total. The molecule has 1 unspecified atom stereocenters. The van der Waals surface area contributed by atoms with Crippen LogP contribution in [0, 0.1) is 5.41 Å². The summed E-state index contributed by atoms with van der Waals surface area (Å²) in [5.74, 6) is -0.780. The van der Waals surface area contributed by atoms with E-state index in [1.165, 1.54) is 14.0 Å². The van der Waals surface area contributed by atoms with Crippen LogP contribution in [-0.4, -0.2) is 49.8 Å². The van der Waals surface area contributed by atoms with Crippen LogP contribution >= 0.6 is 0 Å². The molecule has 0 fully saturated rings. The van der Waals surface area contributed by atoms with Gasteiger partial charge < -0.3 is 20.5 Å². The molecule has 0 spiro atoms. The molecule has 0 heterocycles. The van der Waals surface area contributed by atoms with E-state index in [-0.39, 0.29) is 24.5 Å². The van der Waals surface area contributed by atoms with Gasteiger partial charge in [0.1, 0.15) is 6.04 Å². The summed E-state index contributed by atoms with van der Waals surface area (Å²) >= 11 is 0. The molecule has 0 bridgehead atoms. The normalized spacial score (nSPS) is 13.0. The molecule has 0 aromatic rings. The average Bonchev–Trinajstić information content (AvgIpc) is 2.26. The largest absolute Gasteiger partial charge is 0.467 e. The summed E-state index contributed by atoms with van der Waals surface area (Å²) < 4.78 is 4.58. The number of methoxy groups -OCH3 is 1. The van der Waals surface area contributed by atoms with Gasteiger partial charge in [-0.25, -0.2) is 4.79 Å². The third kappa shape index (κ3) is 6.91. The first-order valence-electron chi connectivity index (χ1n) is 5.49. The van der Waals surface area contributed by atoms with Crippen molar-refractivity contribution in [3.63, 3.8) is 0 Å². The fourth-order valence-corrected chi connectivity index (χ4v) is 1.19. The van der Waals surface area contributed by atoms with Crippen molar-refractivity contribution in [2.24, 2.45) is 5.41 Å². The number of aliphatic hydroxyl groups is 1. The summed E-state index contributed by atoms with van der Waals surface area (Å²) in [6.07, 6.45) is 0. The van der Waals surface area contributed by atoms with E-state index < -0.39 is 12.0 Å². The molecule has 17 heavy (non-hydrogen) atoms. The van der Waals surface area contributed by atoms with Crippen LogP contribution in [0.5, 0.6) is 0 Å². The van der Waals surface area contributed by atoms with Crippen molar-refractivity contribution in [1.82, 2.24) is 10.6 Å². The zero-order valence-electron chi connectivity index (χ0n) is 10.9. The lowest BCUT2D eigenvalue weighted by atomic mass is 9.95. The van der Waals surface area contributed by atoms with E-state index in [1.54, 1.807) is 0 Å². The quantitative estimate of drug-likeness (QED) is 0.516. The van der Waals surface area contributed by atoms with E-state index in [1.807, 2.05) is 13.8 Å². The van der Waals surface area contributed by atoms with Crippen LogP contribution in [0.15, 0.2) is 0 Å². The molecule has 6 nitrogen and oxygen atoms in total. The summed E-state index contributed by atoms with van der Waals surface area (Å²) in [5.41, 5.74) is -0.267. The maximum absolute atomic E-state index is 11.3. The van der Waals surface area contributed by atoms with E-state index in [0.29, 0.717) is 6.54 Å². The zero-order chi connectivity index (χ0) is 13.5. The maximum Gasteiger partial charge on any atom is 0.329 e. The lowest BCUT2D eigenvalue weighted by Crippen LogP contribution is -2.48. The van der Waals surface area contributed by atoms with Crippen LogP contribution in [0.2, 0.25) is 0 Å². The van der Waals surface area contributed by atoms with Crippen LogP contribution in [0.4, 0.5) is 0 Å². The molecule has 1 amide bonds. The first kappa shape index (κ1) is 15.9. The molecule has 0 saturated heterocycles. The number of ether oxygens (including phenoxy) is 1. The predicted molar refractivity (Wildman–Crippen MR) is 63.4 cm³/mol. The third-order valence-corrected chi connectivity index (χ3v) is 2.24. The summed E-state index contributed by atoms with van der Waals surface area (Å²) in [6.45, 7) is 5.99. The average molecular weight is 246 g/mol. The van der Waals surface area contributed by atoms with E-state index in [0.717, 1.165) is 0 Å². The fourth-order valence-electron chi connectivity index (χ4n) is 1.19. The number of hydrogen-bond donors (Lipinski definition) is 3. The Labute approximate surface area is 102 Å². The van der Waals surface area contributed by atoms with Gasteiger partial charge in [-0.3, -0.25) is 4.79 Å². The van der Waals surface area contributed by atoms with Crippen molar-refractivity contribution in [3.05, 3.63) is 0 Å². The Bertz CT molecular complexity index is 266. The Morgan fingerprint density at radius 1 is 1.41 bits per heavy atom. The van der Waals surface area contributed by atoms with E-state index in [4.69, 9.17) is 5.11 Å². The van der Waals surface area contributed by atoms with E-state index in [9.17, 15) is 9.59 Å². The number of esters is 1. The molecule has 6 heteroatoms. The summed E-state index contributed by atoms with van der Waals surface area (Å²) in [6, 6.07) is -0.702. The second-order valence-corrected chi connectivity index (χ2v) is 4.73. The summed E-state index contributed by atoms with van der Waals surface area (Å²) in [4.78, 5) is 22.3. The number of carbonyl (C=O) groups excluding carboxylic acids is 2. The van der Waals surface area contributed by atoms with Gasteiger partial charge in [-0.05, 0) is 0 Å². The van der Waals surface area contributed by atoms with Gasteiger partial charge >= 0.3 is 5.97 Å². The monoisotopic (exact) mass is 246 g/mol. The molecule has 0 aliphatic heterocycles. The van der Waals surface area contributed by atoms with E-state index >= 15 is 0 Å². The lowest BCUT2D eigenvalue weighted by Gasteiger charge is -2.23. The minimum atomic E-state index is -0.702. The molecule has 0 aromatic heterocycles. The number of aliphatic hydroxyl groups excluding tert-OH is 1. The van der Waals surface area contributed by atoms with Crippen LogP contribution in [0.1, 0.15) is 20.8 Å². The van der Waals surface area contributed by atoms with Gasteiger partial charge in [-0.15, -0.1) is 0 Å². The van der Waals surface area contributed by atoms with Gasteiger partial charge in [0.2, 0.25) is 5.91 Å². The third-order valence-electron chi connectivity index (χ3n) is 2.24. The Morgan fingerprint density at radius 3 is 2.41 bits per heavy atom. The van der Waals surface area contributed by atoms with Crippen molar-refractivity contribution in [1.29, 1.82) is 0 Å². The SMILES string of the molecule is COC(=O)C(CNCC(C)(C)CO)NC(C)=O. The molecular formula is C11H22N2O4. The topological polar surface area (TPSA) is 87.7 Å². The van der Waals surface area contributed by atoms with Crippen molar-refractivity contribution in [2.45, 2.75) is 26.8 Å². The first-order chi connectivity index (χ1) is 7.82. The Hall–Kier alpha value is -1.14. The number of nitrogens with one attached hydrogen (secondary N) is 2. The molecule has 0 radical (unpaired) electrons. The van der Waals surface area contributed by atoms with Gasteiger partial charge in [-0.2, -0.15) is 0 Å². The molecule has 1 atom stereocenters. The van der Waals surface area contributed by atoms with Gasteiger partial charge in [-0.1, -0.05) is 13.8 Å². The Kier molecular flexibility index (Phi) is 6.75.